The maximum atomic E-state index is 12.3. The summed E-state index contributed by atoms with van der Waals surface area (Å²) in [5, 5.41) is 6.58. The van der Waals surface area contributed by atoms with Crippen LogP contribution in [0.3, 0.4) is 0 Å². The highest BCUT2D eigenvalue weighted by molar-refractivity contribution is 7.90. The Kier molecular flexibility index (Phi) is 4.73. The molecule has 1 aromatic carbocycles. The van der Waals surface area contributed by atoms with Crippen LogP contribution in [0.2, 0.25) is 0 Å². The number of aromatic amines is 1. The molecule has 3 heterocycles. The average Bonchev–Trinajstić information content (AvgIpc) is 2.95. The first kappa shape index (κ1) is 18.4. The number of sulfone groups is 1. The minimum Gasteiger partial charge on any atom is -0.354 e. The van der Waals surface area contributed by atoms with Gasteiger partial charge in [-0.3, -0.25) is 4.79 Å². The van der Waals surface area contributed by atoms with Crippen molar-refractivity contribution in [1.82, 2.24) is 15.0 Å². The Bertz CT molecular complexity index is 1210. The minimum atomic E-state index is -3.08. The summed E-state index contributed by atoms with van der Waals surface area (Å²) in [6, 6.07) is 7.06. The number of anilines is 3. The summed E-state index contributed by atoms with van der Waals surface area (Å²) >= 11 is 0. The quantitative estimate of drug-likeness (QED) is 0.453. The van der Waals surface area contributed by atoms with Gasteiger partial charge in [0.05, 0.1) is 17.0 Å². The Labute approximate surface area is 161 Å². The first-order valence-electron chi connectivity index (χ1n) is 8.88. The third kappa shape index (κ3) is 3.69. The summed E-state index contributed by atoms with van der Waals surface area (Å²) in [7, 11) is -3.08. The van der Waals surface area contributed by atoms with Gasteiger partial charge in [-0.25, -0.2) is 13.4 Å². The van der Waals surface area contributed by atoms with Crippen LogP contribution < -0.4 is 21.9 Å². The van der Waals surface area contributed by atoms with E-state index in [9.17, 15) is 13.2 Å². The first-order valence-corrected chi connectivity index (χ1v) is 10.7. The van der Waals surface area contributed by atoms with Crippen LogP contribution in [0.15, 0.2) is 35.3 Å². The molecule has 3 aromatic rings. The second-order valence-electron chi connectivity index (χ2n) is 6.67. The fourth-order valence-electron chi connectivity index (χ4n) is 3.20. The zero-order chi connectivity index (χ0) is 19.7. The van der Waals surface area contributed by atoms with Gasteiger partial charge in [-0.05, 0) is 42.3 Å². The molecule has 9 nitrogen and oxygen atoms in total. The van der Waals surface area contributed by atoms with Gasteiger partial charge in [0.1, 0.15) is 11.2 Å². The van der Waals surface area contributed by atoms with Crippen molar-refractivity contribution in [3.8, 4) is 0 Å². The lowest BCUT2D eigenvalue weighted by molar-refractivity contribution is 0.598. The zero-order valence-electron chi connectivity index (χ0n) is 15.0. The number of fused-ring (bicyclic) bond motifs is 2. The predicted molar refractivity (Wildman–Crippen MR) is 108 cm³/mol. The van der Waals surface area contributed by atoms with E-state index in [0.717, 1.165) is 17.5 Å². The topological polar surface area (TPSA) is 143 Å². The molecule has 2 aromatic heterocycles. The van der Waals surface area contributed by atoms with Crippen molar-refractivity contribution in [3.63, 3.8) is 0 Å². The molecule has 0 amide bonds. The number of hydrogen-bond donors (Lipinski definition) is 4. The van der Waals surface area contributed by atoms with E-state index < -0.39 is 9.84 Å². The molecule has 28 heavy (non-hydrogen) atoms. The maximum Gasteiger partial charge on any atom is 0.261 e. The molecule has 1 aliphatic heterocycles. The third-order valence-corrected chi connectivity index (χ3v) is 6.01. The number of nitrogens with one attached hydrogen (secondary N) is 3. The largest absolute Gasteiger partial charge is 0.354 e. The van der Waals surface area contributed by atoms with E-state index in [-0.39, 0.29) is 17.1 Å². The van der Waals surface area contributed by atoms with Crippen molar-refractivity contribution < 1.29 is 8.42 Å². The van der Waals surface area contributed by atoms with Crippen molar-refractivity contribution in [3.05, 3.63) is 51.9 Å². The molecule has 0 unspecified atom stereocenters. The van der Waals surface area contributed by atoms with Gasteiger partial charge in [0, 0.05) is 18.4 Å². The number of nitrogens with two attached hydrogens (primary N) is 1. The van der Waals surface area contributed by atoms with Crippen LogP contribution >= 0.6 is 0 Å². The number of aromatic nitrogens is 3. The lowest BCUT2D eigenvalue weighted by Crippen LogP contribution is -2.14. The van der Waals surface area contributed by atoms with Gasteiger partial charge < -0.3 is 21.4 Å². The van der Waals surface area contributed by atoms with Crippen LogP contribution in [0, 0.1) is 0 Å². The highest BCUT2D eigenvalue weighted by Crippen LogP contribution is 2.29. The Morgan fingerprint density at radius 3 is 2.79 bits per heavy atom. The van der Waals surface area contributed by atoms with Crippen LogP contribution in [-0.2, 0) is 21.3 Å². The van der Waals surface area contributed by atoms with Crippen LogP contribution in [0.25, 0.3) is 10.9 Å². The van der Waals surface area contributed by atoms with Gasteiger partial charge >= 0.3 is 0 Å². The lowest BCUT2D eigenvalue weighted by atomic mass is 10.1. The van der Waals surface area contributed by atoms with E-state index in [1.165, 1.54) is 6.20 Å². The second-order valence-corrected chi connectivity index (χ2v) is 8.74. The lowest BCUT2D eigenvalue weighted by Gasteiger charge is -2.12. The molecule has 10 heteroatoms. The van der Waals surface area contributed by atoms with E-state index in [0.29, 0.717) is 41.4 Å². The molecule has 0 spiro atoms. The molecule has 5 N–H and O–H groups in total. The Morgan fingerprint density at radius 2 is 1.96 bits per heavy atom. The Morgan fingerprint density at radius 1 is 1.14 bits per heavy atom. The van der Waals surface area contributed by atoms with Gasteiger partial charge in [-0.1, -0.05) is 6.07 Å². The van der Waals surface area contributed by atoms with E-state index in [4.69, 9.17) is 5.73 Å². The molecular weight excluding hydrogens is 380 g/mol. The van der Waals surface area contributed by atoms with Crippen LogP contribution in [0.1, 0.15) is 17.5 Å². The van der Waals surface area contributed by atoms with Crippen LogP contribution in [-0.4, -0.2) is 36.5 Å². The van der Waals surface area contributed by atoms with E-state index in [1.807, 2.05) is 0 Å². The van der Waals surface area contributed by atoms with Gasteiger partial charge in [0.15, 0.2) is 9.84 Å². The molecule has 1 aliphatic rings. The SMILES string of the molecule is NCCCNc1nc(Nc2ccc3c(c2)CS(=O)(=O)C3)c2c(=O)[nH]ccc2n1. The highest BCUT2D eigenvalue weighted by Gasteiger charge is 2.24. The van der Waals surface area contributed by atoms with Crippen molar-refractivity contribution in [2.45, 2.75) is 17.9 Å². The van der Waals surface area contributed by atoms with Gasteiger partial charge in [0.2, 0.25) is 5.95 Å². The zero-order valence-corrected chi connectivity index (χ0v) is 15.8. The van der Waals surface area contributed by atoms with Crippen molar-refractivity contribution in [1.29, 1.82) is 0 Å². The average molecular weight is 400 g/mol. The number of hydrogen-bond acceptors (Lipinski definition) is 8. The summed E-state index contributed by atoms with van der Waals surface area (Å²) in [5.41, 5.74) is 7.94. The summed E-state index contributed by atoms with van der Waals surface area (Å²) in [4.78, 5) is 23.8. The smallest absolute Gasteiger partial charge is 0.261 e. The normalized spacial score (nSPS) is 14.8. The van der Waals surface area contributed by atoms with E-state index in [1.54, 1.807) is 24.3 Å². The van der Waals surface area contributed by atoms with Gasteiger partial charge in [-0.2, -0.15) is 4.98 Å². The number of benzene rings is 1. The monoisotopic (exact) mass is 400 g/mol. The number of nitrogens with zero attached hydrogens (tertiary/aromatic N) is 2. The summed E-state index contributed by atoms with van der Waals surface area (Å²) in [6.07, 6.45) is 2.30. The predicted octanol–water partition coefficient (Wildman–Crippen LogP) is 1.25. The van der Waals surface area contributed by atoms with Crippen LogP contribution in [0.5, 0.6) is 0 Å². The molecule has 146 valence electrons. The maximum absolute atomic E-state index is 12.3. The summed E-state index contributed by atoms with van der Waals surface area (Å²) in [5.74, 6) is 0.823. The molecule has 0 saturated heterocycles. The third-order valence-electron chi connectivity index (χ3n) is 4.50. The Balaban J connectivity index is 1.72. The number of rotatable bonds is 6. The minimum absolute atomic E-state index is 0.0227. The van der Waals surface area contributed by atoms with E-state index >= 15 is 0 Å². The molecule has 0 aliphatic carbocycles. The molecule has 0 radical (unpaired) electrons. The van der Waals surface area contributed by atoms with Gasteiger partial charge in [-0.15, -0.1) is 0 Å². The fourth-order valence-corrected chi connectivity index (χ4v) is 4.80. The summed E-state index contributed by atoms with van der Waals surface area (Å²) < 4.78 is 23.7. The Hall–Kier alpha value is -2.98. The van der Waals surface area contributed by atoms with Crippen molar-refractivity contribution in [2.24, 2.45) is 5.73 Å². The number of H-pyrrole nitrogens is 1. The molecule has 0 saturated carbocycles. The summed E-state index contributed by atoms with van der Waals surface area (Å²) in [6.45, 7) is 1.16. The van der Waals surface area contributed by atoms with Crippen LogP contribution in [0.4, 0.5) is 17.5 Å². The standard InChI is InChI=1S/C18H20N6O3S/c19-5-1-6-21-18-23-14-4-7-20-17(25)15(14)16(24-18)22-13-3-2-11-9-28(26,27)10-12(11)8-13/h2-4,7-8H,1,5-6,9-10,19H2,(H,20,25)(H2,21,22,23,24). The van der Waals surface area contributed by atoms with Crippen molar-refractivity contribution >= 4 is 38.2 Å². The van der Waals surface area contributed by atoms with Gasteiger partial charge in [0.25, 0.3) is 5.56 Å². The van der Waals surface area contributed by atoms with E-state index in [2.05, 4.69) is 25.6 Å². The highest BCUT2D eigenvalue weighted by atomic mass is 32.2. The fraction of sp³-hybridized carbons (Fsp3) is 0.278. The van der Waals surface area contributed by atoms with Crippen molar-refractivity contribution in [2.75, 3.05) is 23.7 Å². The molecular formula is C18H20N6O3S. The second kappa shape index (κ2) is 7.21. The number of pyridine rings is 1. The molecule has 0 fully saturated rings. The molecule has 0 atom stereocenters. The first-order chi connectivity index (χ1) is 13.4. The molecule has 0 bridgehead atoms. The molecule has 4 rings (SSSR count).